The van der Waals surface area contributed by atoms with E-state index in [1.165, 1.54) is 0 Å². The van der Waals surface area contributed by atoms with E-state index in [4.69, 9.17) is 9.47 Å². The molecule has 3 heterocycles. The van der Waals surface area contributed by atoms with Crippen molar-refractivity contribution >= 4 is 5.91 Å². The Labute approximate surface area is 128 Å². The van der Waals surface area contributed by atoms with Crippen LogP contribution in [0.2, 0.25) is 0 Å². The number of aryl methyl sites for hydroxylation is 1. The Bertz CT molecular complexity index is 629. The lowest BCUT2D eigenvalue weighted by Gasteiger charge is -2.18. The van der Waals surface area contributed by atoms with Crippen LogP contribution in [0.5, 0.6) is 5.75 Å². The molecule has 2 aromatic rings. The molecule has 0 bridgehead atoms. The van der Waals surface area contributed by atoms with Crippen molar-refractivity contribution in [3.05, 3.63) is 42.5 Å². The SMILES string of the molecule is Cn1cc([C@H]2OCC[C@@H]2NC(=O)COc2cccnc2)cn1. The second-order valence-electron chi connectivity index (χ2n) is 5.18. The summed E-state index contributed by atoms with van der Waals surface area (Å²) in [5.74, 6) is 0.400. The van der Waals surface area contributed by atoms with E-state index in [-0.39, 0.29) is 24.7 Å². The van der Waals surface area contributed by atoms with Gasteiger partial charge in [0.05, 0.1) is 18.4 Å². The van der Waals surface area contributed by atoms with Gasteiger partial charge in [0.15, 0.2) is 6.61 Å². The maximum Gasteiger partial charge on any atom is 0.258 e. The molecule has 0 unspecified atom stereocenters. The molecule has 7 heteroatoms. The standard InChI is InChI=1S/C15H18N4O3/c1-19-9-11(7-17-19)15-13(4-6-21-15)18-14(20)10-22-12-3-2-5-16-8-12/h2-3,5,7-9,13,15H,4,6,10H2,1H3,(H,18,20)/t13-,15+/m0/s1. The fourth-order valence-electron chi connectivity index (χ4n) is 2.48. The van der Waals surface area contributed by atoms with Crippen LogP contribution in [0, 0.1) is 0 Å². The first-order valence-electron chi connectivity index (χ1n) is 7.15. The number of hydrogen-bond acceptors (Lipinski definition) is 5. The van der Waals surface area contributed by atoms with E-state index >= 15 is 0 Å². The van der Waals surface area contributed by atoms with Gasteiger partial charge in [0.1, 0.15) is 11.9 Å². The second-order valence-corrected chi connectivity index (χ2v) is 5.18. The zero-order valence-corrected chi connectivity index (χ0v) is 12.3. The van der Waals surface area contributed by atoms with Crippen LogP contribution >= 0.6 is 0 Å². The lowest BCUT2D eigenvalue weighted by atomic mass is 10.1. The van der Waals surface area contributed by atoms with Gasteiger partial charge in [-0.25, -0.2) is 0 Å². The molecule has 116 valence electrons. The average molecular weight is 302 g/mol. The fourth-order valence-corrected chi connectivity index (χ4v) is 2.48. The normalized spacial score (nSPS) is 20.8. The number of hydrogen-bond donors (Lipinski definition) is 1. The van der Waals surface area contributed by atoms with E-state index in [2.05, 4.69) is 15.4 Å². The van der Waals surface area contributed by atoms with Crippen LogP contribution in [0.15, 0.2) is 36.9 Å². The summed E-state index contributed by atoms with van der Waals surface area (Å²) in [6, 6.07) is 3.46. The van der Waals surface area contributed by atoms with Crippen LogP contribution in [0.25, 0.3) is 0 Å². The predicted molar refractivity (Wildman–Crippen MR) is 78.2 cm³/mol. The number of aromatic nitrogens is 3. The van der Waals surface area contributed by atoms with Crippen molar-refractivity contribution in [3.63, 3.8) is 0 Å². The third-order valence-corrected chi connectivity index (χ3v) is 3.50. The molecular formula is C15H18N4O3. The van der Waals surface area contributed by atoms with Crippen LogP contribution in [-0.2, 0) is 16.6 Å². The summed E-state index contributed by atoms with van der Waals surface area (Å²) in [4.78, 5) is 16.0. The van der Waals surface area contributed by atoms with Crippen molar-refractivity contribution in [1.82, 2.24) is 20.1 Å². The van der Waals surface area contributed by atoms with Gasteiger partial charge in [-0.3, -0.25) is 14.5 Å². The number of pyridine rings is 1. The second kappa shape index (κ2) is 6.57. The highest BCUT2D eigenvalue weighted by molar-refractivity contribution is 5.78. The summed E-state index contributed by atoms with van der Waals surface area (Å²) >= 11 is 0. The van der Waals surface area contributed by atoms with E-state index < -0.39 is 0 Å². The van der Waals surface area contributed by atoms with Crippen LogP contribution in [0.3, 0.4) is 0 Å². The summed E-state index contributed by atoms with van der Waals surface area (Å²) in [5.41, 5.74) is 0.971. The van der Waals surface area contributed by atoms with Crippen molar-refractivity contribution in [3.8, 4) is 5.75 Å². The Balaban J connectivity index is 1.54. The summed E-state index contributed by atoms with van der Waals surface area (Å²) < 4.78 is 12.8. The Kier molecular flexibility index (Phi) is 4.34. The maximum absolute atomic E-state index is 12.0. The predicted octanol–water partition coefficient (Wildman–Crippen LogP) is 0.840. The van der Waals surface area contributed by atoms with Gasteiger partial charge in [-0.15, -0.1) is 0 Å². The molecule has 7 nitrogen and oxygen atoms in total. The van der Waals surface area contributed by atoms with Gasteiger partial charge in [0.2, 0.25) is 0 Å². The highest BCUT2D eigenvalue weighted by Crippen LogP contribution is 2.28. The number of carbonyl (C=O) groups excluding carboxylic acids is 1. The van der Waals surface area contributed by atoms with Gasteiger partial charge in [0, 0.05) is 31.6 Å². The van der Waals surface area contributed by atoms with Gasteiger partial charge in [-0.1, -0.05) is 0 Å². The van der Waals surface area contributed by atoms with Gasteiger partial charge in [0.25, 0.3) is 5.91 Å². The van der Waals surface area contributed by atoms with Crippen LogP contribution in [-0.4, -0.2) is 39.9 Å². The Hall–Kier alpha value is -2.41. The minimum atomic E-state index is -0.173. The van der Waals surface area contributed by atoms with Crippen molar-refractivity contribution in [2.45, 2.75) is 18.6 Å². The van der Waals surface area contributed by atoms with Gasteiger partial charge in [-0.2, -0.15) is 5.10 Å². The molecule has 0 spiro atoms. The van der Waals surface area contributed by atoms with Crippen molar-refractivity contribution in [1.29, 1.82) is 0 Å². The lowest BCUT2D eigenvalue weighted by Crippen LogP contribution is -2.39. The average Bonchev–Trinajstić information content (AvgIpc) is 3.15. The number of carbonyl (C=O) groups is 1. The summed E-state index contributed by atoms with van der Waals surface area (Å²) in [5, 5.41) is 7.10. The third-order valence-electron chi connectivity index (χ3n) is 3.50. The molecule has 1 saturated heterocycles. The molecule has 0 aromatic carbocycles. The van der Waals surface area contributed by atoms with E-state index in [0.29, 0.717) is 12.4 Å². The molecule has 22 heavy (non-hydrogen) atoms. The number of amides is 1. The van der Waals surface area contributed by atoms with Crippen LogP contribution in [0.4, 0.5) is 0 Å². The highest BCUT2D eigenvalue weighted by atomic mass is 16.5. The molecule has 0 saturated carbocycles. The molecular weight excluding hydrogens is 284 g/mol. The minimum absolute atomic E-state index is 0.0397. The first kappa shape index (κ1) is 14.5. The van der Waals surface area contributed by atoms with Crippen LogP contribution in [0.1, 0.15) is 18.1 Å². The number of rotatable bonds is 5. The van der Waals surface area contributed by atoms with Crippen molar-refractivity contribution in [2.75, 3.05) is 13.2 Å². The molecule has 2 atom stereocenters. The molecule has 3 rings (SSSR count). The largest absolute Gasteiger partial charge is 0.482 e. The zero-order valence-electron chi connectivity index (χ0n) is 12.3. The molecule has 1 amide bonds. The monoisotopic (exact) mass is 302 g/mol. The number of ether oxygens (including phenoxy) is 2. The van der Waals surface area contributed by atoms with E-state index in [0.717, 1.165) is 12.0 Å². The molecule has 0 radical (unpaired) electrons. The van der Waals surface area contributed by atoms with Crippen molar-refractivity contribution < 1.29 is 14.3 Å². The quantitative estimate of drug-likeness (QED) is 0.885. The van der Waals surface area contributed by atoms with Gasteiger partial charge < -0.3 is 14.8 Å². The first-order chi connectivity index (χ1) is 10.7. The zero-order chi connectivity index (χ0) is 15.4. The lowest BCUT2D eigenvalue weighted by molar-refractivity contribution is -0.124. The molecule has 2 aromatic heterocycles. The highest BCUT2D eigenvalue weighted by Gasteiger charge is 2.31. The van der Waals surface area contributed by atoms with E-state index in [1.807, 2.05) is 13.2 Å². The topological polar surface area (TPSA) is 78.3 Å². The molecule has 1 N–H and O–H groups in total. The fraction of sp³-hybridized carbons (Fsp3) is 0.400. The van der Waals surface area contributed by atoms with Crippen LogP contribution < -0.4 is 10.1 Å². The van der Waals surface area contributed by atoms with E-state index in [9.17, 15) is 4.79 Å². The minimum Gasteiger partial charge on any atom is -0.482 e. The molecule has 0 aliphatic carbocycles. The van der Waals surface area contributed by atoms with Gasteiger partial charge in [-0.05, 0) is 18.6 Å². The maximum atomic E-state index is 12.0. The molecule has 1 aliphatic heterocycles. The third kappa shape index (κ3) is 3.43. The van der Waals surface area contributed by atoms with Crippen molar-refractivity contribution in [2.24, 2.45) is 7.05 Å². The molecule has 1 fully saturated rings. The Morgan fingerprint density at radius 2 is 2.45 bits per heavy atom. The molecule has 1 aliphatic rings. The number of nitrogens with zero attached hydrogens (tertiary/aromatic N) is 3. The van der Waals surface area contributed by atoms with Gasteiger partial charge >= 0.3 is 0 Å². The Morgan fingerprint density at radius 3 is 3.18 bits per heavy atom. The smallest absolute Gasteiger partial charge is 0.258 e. The number of nitrogens with one attached hydrogen (secondary N) is 1. The summed E-state index contributed by atoms with van der Waals surface area (Å²) in [6.45, 7) is 0.579. The summed E-state index contributed by atoms with van der Waals surface area (Å²) in [6.07, 6.45) is 7.52. The first-order valence-corrected chi connectivity index (χ1v) is 7.15. The Morgan fingerprint density at radius 1 is 1.55 bits per heavy atom. The van der Waals surface area contributed by atoms with E-state index in [1.54, 1.807) is 35.4 Å². The summed E-state index contributed by atoms with van der Waals surface area (Å²) in [7, 11) is 1.85.